The lowest BCUT2D eigenvalue weighted by molar-refractivity contribution is -0.124. The summed E-state index contributed by atoms with van der Waals surface area (Å²) in [6.07, 6.45) is 7.99. The third-order valence-corrected chi connectivity index (χ3v) is 4.73. The van der Waals surface area contributed by atoms with E-state index in [0.717, 1.165) is 43.9 Å². The van der Waals surface area contributed by atoms with Gasteiger partial charge in [-0.1, -0.05) is 30.3 Å². The second-order valence-electron chi connectivity index (χ2n) is 6.81. The van der Waals surface area contributed by atoms with E-state index in [1.54, 1.807) is 17.8 Å². The van der Waals surface area contributed by atoms with E-state index in [9.17, 15) is 4.79 Å². The molecule has 6 nitrogen and oxygen atoms in total. The van der Waals surface area contributed by atoms with Crippen LogP contribution >= 0.6 is 24.8 Å². The smallest absolute Gasteiger partial charge is 0.267 e. The van der Waals surface area contributed by atoms with E-state index in [2.05, 4.69) is 45.5 Å². The molecule has 8 heteroatoms. The summed E-state index contributed by atoms with van der Waals surface area (Å²) in [5.41, 5.74) is 3.77. The Labute approximate surface area is 184 Å². The molecule has 3 N–H and O–H groups in total. The van der Waals surface area contributed by atoms with Gasteiger partial charge in [-0.15, -0.1) is 24.8 Å². The first-order chi connectivity index (χ1) is 13.2. The summed E-state index contributed by atoms with van der Waals surface area (Å²) in [4.78, 5) is 17.9. The number of hydrogen-bond donors (Lipinski definition) is 3. The molecule has 1 fully saturated rings. The molecule has 2 aromatic rings. The van der Waals surface area contributed by atoms with Gasteiger partial charge in [0.15, 0.2) is 0 Å². The van der Waals surface area contributed by atoms with Crippen molar-refractivity contribution in [3.8, 4) is 0 Å². The number of hydroxylamine groups is 1. The molecular formula is C21H28Cl2N4O2. The zero-order chi connectivity index (χ0) is 18.9. The number of pyridine rings is 1. The molecule has 1 aromatic heterocycles. The summed E-state index contributed by atoms with van der Waals surface area (Å²) in [5, 5.41) is 12.0. The molecule has 1 atom stereocenters. The first-order valence-electron chi connectivity index (χ1n) is 9.34. The average molecular weight is 439 g/mol. The van der Waals surface area contributed by atoms with Gasteiger partial charge < -0.3 is 10.2 Å². The lowest BCUT2D eigenvalue weighted by Gasteiger charge is -2.17. The van der Waals surface area contributed by atoms with Crippen LogP contribution in [0, 0.1) is 0 Å². The SMILES string of the molecule is Cl.Cl.O=C(C=Cc1ccc(N[C@@H]2CCN(CCCc3ccccc3)C2)nc1)NO. The van der Waals surface area contributed by atoms with Gasteiger partial charge in [-0.05, 0) is 55.1 Å². The summed E-state index contributed by atoms with van der Waals surface area (Å²) in [7, 11) is 0. The molecule has 0 unspecified atom stereocenters. The van der Waals surface area contributed by atoms with Crippen LogP contribution in [0.15, 0.2) is 54.7 Å². The molecule has 1 aliphatic heterocycles. The van der Waals surface area contributed by atoms with Crippen LogP contribution in [-0.2, 0) is 11.2 Å². The highest BCUT2D eigenvalue weighted by Gasteiger charge is 2.21. The predicted molar refractivity (Wildman–Crippen MR) is 121 cm³/mol. The zero-order valence-electron chi connectivity index (χ0n) is 16.2. The quantitative estimate of drug-likeness (QED) is 0.333. The van der Waals surface area contributed by atoms with Gasteiger partial charge in [-0.3, -0.25) is 10.0 Å². The van der Waals surface area contributed by atoms with E-state index in [1.807, 2.05) is 12.1 Å². The van der Waals surface area contributed by atoms with Gasteiger partial charge in [0, 0.05) is 31.4 Å². The van der Waals surface area contributed by atoms with E-state index in [4.69, 9.17) is 5.21 Å². The molecule has 1 amide bonds. The average Bonchev–Trinajstić information content (AvgIpc) is 3.15. The maximum absolute atomic E-state index is 11.0. The number of amides is 1. The Morgan fingerprint density at radius 1 is 1.21 bits per heavy atom. The van der Waals surface area contributed by atoms with Crippen molar-refractivity contribution in [2.75, 3.05) is 25.0 Å². The monoisotopic (exact) mass is 438 g/mol. The molecule has 0 radical (unpaired) electrons. The number of benzene rings is 1. The van der Waals surface area contributed by atoms with Crippen LogP contribution in [0.3, 0.4) is 0 Å². The molecular weight excluding hydrogens is 411 g/mol. The maximum atomic E-state index is 11.0. The summed E-state index contributed by atoms with van der Waals surface area (Å²) in [5.74, 6) is 0.283. The molecule has 0 bridgehead atoms. The minimum absolute atomic E-state index is 0. The maximum Gasteiger partial charge on any atom is 0.267 e. The predicted octanol–water partition coefficient (Wildman–Crippen LogP) is 3.56. The highest BCUT2D eigenvalue weighted by atomic mass is 35.5. The van der Waals surface area contributed by atoms with E-state index in [1.165, 1.54) is 18.1 Å². The van der Waals surface area contributed by atoms with Gasteiger partial charge in [0.1, 0.15) is 5.82 Å². The molecule has 0 saturated carbocycles. The van der Waals surface area contributed by atoms with Crippen molar-refractivity contribution in [2.45, 2.75) is 25.3 Å². The van der Waals surface area contributed by atoms with Crippen LogP contribution in [-0.4, -0.2) is 46.7 Å². The fourth-order valence-electron chi connectivity index (χ4n) is 3.31. The third kappa shape index (κ3) is 8.41. The fraction of sp³-hybridized carbons (Fsp3) is 0.333. The number of aryl methyl sites for hydroxylation is 1. The normalized spacial score (nSPS) is 16.1. The molecule has 0 aliphatic carbocycles. The van der Waals surface area contributed by atoms with Gasteiger partial charge >= 0.3 is 0 Å². The number of likely N-dealkylation sites (tertiary alicyclic amines) is 1. The highest BCUT2D eigenvalue weighted by Crippen LogP contribution is 2.16. The molecule has 1 saturated heterocycles. The Morgan fingerprint density at radius 2 is 2.00 bits per heavy atom. The lowest BCUT2D eigenvalue weighted by Crippen LogP contribution is -2.27. The third-order valence-electron chi connectivity index (χ3n) is 4.73. The van der Waals surface area contributed by atoms with Crippen LogP contribution in [0.1, 0.15) is 24.0 Å². The lowest BCUT2D eigenvalue weighted by atomic mass is 10.1. The minimum Gasteiger partial charge on any atom is -0.366 e. The topological polar surface area (TPSA) is 77.5 Å². The Kier molecular flexibility index (Phi) is 11.3. The number of hydrogen-bond acceptors (Lipinski definition) is 5. The summed E-state index contributed by atoms with van der Waals surface area (Å²) < 4.78 is 0. The summed E-state index contributed by atoms with van der Waals surface area (Å²) in [6, 6.07) is 14.8. The van der Waals surface area contributed by atoms with Crippen molar-refractivity contribution >= 4 is 42.6 Å². The number of aromatic nitrogens is 1. The van der Waals surface area contributed by atoms with E-state index in [-0.39, 0.29) is 24.8 Å². The summed E-state index contributed by atoms with van der Waals surface area (Å²) >= 11 is 0. The van der Waals surface area contributed by atoms with Gasteiger partial charge in [-0.2, -0.15) is 0 Å². The molecule has 1 aromatic carbocycles. The first-order valence-corrected chi connectivity index (χ1v) is 9.34. The van der Waals surface area contributed by atoms with Crippen LogP contribution in [0.25, 0.3) is 6.08 Å². The highest BCUT2D eigenvalue weighted by molar-refractivity contribution is 5.90. The molecule has 2 heterocycles. The van der Waals surface area contributed by atoms with Crippen molar-refractivity contribution in [3.05, 3.63) is 65.9 Å². The number of halogens is 2. The van der Waals surface area contributed by atoms with Gasteiger partial charge in [-0.25, -0.2) is 10.5 Å². The number of anilines is 1. The number of rotatable bonds is 8. The molecule has 3 rings (SSSR count). The van der Waals surface area contributed by atoms with E-state index >= 15 is 0 Å². The van der Waals surface area contributed by atoms with Gasteiger partial charge in [0.2, 0.25) is 0 Å². The van der Waals surface area contributed by atoms with Crippen LogP contribution in [0.2, 0.25) is 0 Å². The second kappa shape index (κ2) is 13.2. The van der Waals surface area contributed by atoms with Crippen molar-refractivity contribution < 1.29 is 10.0 Å². The first kappa shape index (κ1) is 24.9. The van der Waals surface area contributed by atoms with Crippen LogP contribution in [0.5, 0.6) is 0 Å². The van der Waals surface area contributed by atoms with Crippen LogP contribution < -0.4 is 10.8 Å². The fourth-order valence-corrected chi connectivity index (χ4v) is 3.31. The molecule has 0 spiro atoms. The van der Waals surface area contributed by atoms with Crippen molar-refractivity contribution in [2.24, 2.45) is 0 Å². The number of carbonyl (C=O) groups excluding carboxylic acids is 1. The standard InChI is InChI=1S/C21H26N4O2.2ClH/c26-21(24-27)11-9-18-8-10-20(22-15-18)23-19-12-14-25(16-19)13-4-7-17-5-2-1-3-6-17;;/h1-3,5-6,8-11,15,19,27H,4,7,12-14,16H2,(H,22,23)(H,24,26);2*1H/t19-;;/m1../s1. The zero-order valence-corrected chi connectivity index (χ0v) is 17.8. The van der Waals surface area contributed by atoms with E-state index in [0.29, 0.717) is 6.04 Å². The van der Waals surface area contributed by atoms with E-state index < -0.39 is 5.91 Å². The van der Waals surface area contributed by atoms with Crippen molar-refractivity contribution in [1.82, 2.24) is 15.4 Å². The van der Waals surface area contributed by atoms with Crippen LogP contribution in [0.4, 0.5) is 5.82 Å². The van der Waals surface area contributed by atoms with Crippen molar-refractivity contribution in [1.29, 1.82) is 0 Å². The Balaban J connectivity index is 0.00000210. The molecule has 158 valence electrons. The largest absolute Gasteiger partial charge is 0.366 e. The summed E-state index contributed by atoms with van der Waals surface area (Å²) in [6.45, 7) is 3.27. The molecule has 29 heavy (non-hydrogen) atoms. The second-order valence-corrected chi connectivity index (χ2v) is 6.81. The Hall–Kier alpha value is -2.12. The number of nitrogens with one attached hydrogen (secondary N) is 2. The van der Waals surface area contributed by atoms with Gasteiger partial charge in [0.05, 0.1) is 0 Å². The Morgan fingerprint density at radius 3 is 2.69 bits per heavy atom. The molecule has 1 aliphatic rings. The number of carbonyl (C=O) groups is 1. The van der Waals surface area contributed by atoms with Gasteiger partial charge in [0.25, 0.3) is 5.91 Å². The van der Waals surface area contributed by atoms with Crippen molar-refractivity contribution in [3.63, 3.8) is 0 Å². The minimum atomic E-state index is -0.560. The number of nitrogens with zero attached hydrogens (tertiary/aromatic N) is 2. The Bertz CT molecular complexity index is 757.